The molecule has 7 heteroatoms. The van der Waals surface area contributed by atoms with Crippen molar-refractivity contribution in [3.05, 3.63) is 33.5 Å². The molecule has 0 bridgehead atoms. The largest absolute Gasteiger partial charge is 0.429 e. The molecule has 2 rings (SSSR count). The highest BCUT2D eigenvalue weighted by Gasteiger charge is 2.11. The average Bonchev–Trinajstić information content (AvgIpc) is 2.57. The fraction of sp³-hybridized carbons (Fsp3) is 0.300. The number of oxazole rings is 1. The maximum Gasteiger partial charge on any atom is 0.269 e. The fourth-order valence-corrected chi connectivity index (χ4v) is 1.84. The summed E-state index contributed by atoms with van der Waals surface area (Å²) in [4.78, 5) is 10.1. The van der Waals surface area contributed by atoms with Crippen LogP contribution in [0.15, 0.2) is 21.7 Å². The molecule has 0 amide bonds. The van der Waals surface area contributed by atoms with Crippen molar-refractivity contribution in [1.29, 1.82) is 0 Å². The van der Waals surface area contributed by atoms with E-state index >= 15 is 0 Å². The van der Waals surface area contributed by atoms with Gasteiger partial charge in [-0.2, -0.15) is 4.91 Å². The van der Waals surface area contributed by atoms with Crippen molar-refractivity contribution >= 4 is 23.3 Å². The zero-order valence-corrected chi connectivity index (χ0v) is 9.47. The molecular formula is C10H8F2N2O2S. The van der Waals surface area contributed by atoms with E-state index in [4.69, 9.17) is 16.6 Å². The highest BCUT2D eigenvalue weighted by molar-refractivity contribution is 7.71. The van der Waals surface area contributed by atoms with Gasteiger partial charge >= 0.3 is 0 Å². The van der Waals surface area contributed by atoms with Crippen LogP contribution in [0.25, 0.3) is 11.1 Å². The van der Waals surface area contributed by atoms with Gasteiger partial charge in [-0.1, -0.05) is 5.18 Å². The normalized spacial score (nSPS) is 10.9. The van der Waals surface area contributed by atoms with Gasteiger partial charge in [0.05, 0.1) is 12.1 Å². The molecule has 0 saturated heterocycles. The number of benzene rings is 1. The summed E-state index contributed by atoms with van der Waals surface area (Å²) >= 11 is 4.93. The van der Waals surface area contributed by atoms with E-state index in [-0.39, 0.29) is 17.0 Å². The Bertz CT molecular complexity index is 621. The fourth-order valence-electron chi connectivity index (χ4n) is 1.56. The van der Waals surface area contributed by atoms with Crippen LogP contribution in [-0.4, -0.2) is 11.1 Å². The topological polar surface area (TPSA) is 47.5 Å². The third kappa shape index (κ3) is 2.23. The van der Waals surface area contributed by atoms with Crippen LogP contribution in [0.5, 0.6) is 0 Å². The van der Waals surface area contributed by atoms with Gasteiger partial charge in [0.1, 0.15) is 0 Å². The van der Waals surface area contributed by atoms with E-state index in [0.717, 1.165) is 12.1 Å². The first-order chi connectivity index (χ1) is 8.13. The summed E-state index contributed by atoms with van der Waals surface area (Å²) in [7, 11) is 0. The number of hydrogen-bond donors (Lipinski definition) is 0. The predicted molar refractivity (Wildman–Crippen MR) is 60.2 cm³/mol. The van der Waals surface area contributed by atoms with Crippen LogP contribution >= 0.6 is 12.2 Å². The molecular weight excluding hydrogens is 250 g/mol. The lowest BCUT2D eigenvalue weighted by molar-refractivity contribution is 0.505. The number of halogens is 2. The van der Waals surface area contributed by atoms with Gasteiger partial charge in [-0.15, -0.1) is 0 Å². The van der Waals surface area contributed by atoms with Crippen LogP contribution < -0.4 is 0 Å². The molecule has 0 aliphatic heterocycles. The van der Waals surface area contributed by atoms with Gasteiger partial charge in [0.25, 0.3) is 4.84 Å². The molecule has 0 aliphatic rings. The second-order valence-corrected chi connectivity index (χ2v) is 3.81. The van der Waals surface area contributed by atoms with E-state index in [1.807, 2.05) is 0 Å². The summed E-state index contributed by atoms with van der Waals surface area (Å²) in [6, 6.07) is 1.98. The smallest absolute Gasteiger partial charge is 0.269 e. The van der Waals surface area contributed by atoms with Gasteiger partial charge in [-0.3, -0.25) is 4.57 Å². The maximum atomic E-state index is 13.1. The average molecular weight is 258 g/mol. The minimum absolute atomic E-state index is 0.121. The van der Waals surface area contributed by atoms with Crippen LogP contribution in [0.1, 0.15) is 6.42 Å². The van der Waals surface area contributed by atoms with Crippen molar-refractivity contribution in [2.24, 2.45) is 5.18 Å². The van der Waals surface area contributed by atoms with Crippen molar-refractivity contribution < 1.29 is 13.2 Å². The Morgan fingerprint density at radius 1 is 1.35 bits per heavy atom. The number of aryl methyl sites for hydroxylation is 1. The van der Waals surface area contributed by atoms with Gasteiger partial charge < -0.3 is 4.42 Å². The number of nitrogens with zero attached hydrogens (tertiary/aromatic N) is 2. The maximum absolute atomic E-state index is 13.1. The van der Waals surface area contributed by atoms with Crippen LogP contribution in [0.3, 0.4) is 0 Å². The Balaban J connectivity index is 2.47. The first kappa shape index (κ1) is 11.8. The van der Waals surface area contributed by atoms with Crippen molar-refractivity contribution in [3.63, 3.8) is 0 Å². The highest BCUT2D eigenvalue weighted by atomic mass is 32.1. The molecule has 0 aliphatic carbocycles. The number of hydrogen-bond acceptors (Lipinski definition) is 4. The summed E-state index contributed by atoms with van der Waals surface area (Å²) in [5, 5.41) is 2.71. The van der Waals surface area contributed by atoms with Crippen LogP contribution in [0, 0.1) is 21.4 Å². The number of aromatic nitrogens is 1. The van der Waals surface area contributed by atoms with Crippen LogP contribution in [0.4, 0.5) is 8.78 Å². The molecule has 1 heterocycles. The predicted octanol–water partition coefficient (Wildman–Crippen LogP) is 3.40. The third-order valence-electron chi connectivity index (χ3n) is 2.34. The second kappa shape index (κ2) is 4.70. The second-order valence-electron chi connectivity index (χ2n) is 3.46. The molecule has 0 unspecified atom stereocenters. The Hall–Kier alpha value is -1.63. The zero-order chi connectivity index (χ0) is 12.4. The third-order valence-corrected chi connectivity index (χ3v) is 2.65. The van der Waals surface area contributed by atoms with E-state index in [2.05, 4.69) is 5.18 Å². The molecule has 17 heavy (non-hydrogen) atoms. The number of rotatable bonds is 4. The summed E-state index contributed by atoms with van der Waals surface area (Å²) in [6.07, 6.45) is 0.464. The molecule has 0 spiro atoms. The molecule has 1 aromatic heterocycles. The van der Waals surface area contributed by atoms with Gasteiger partial charge in [0.2, 0.25) is 0 Å². The first-order valence-corrected chi connectivity index (χ1v) is 5.32. The van der Waals surface area contributed by atoms with Gasteiger partial charge in [0.15, 0.2) is 17.2 Å². The molecule has 0 atom stereocenters. The monoisotopic (exact) mass is 258 g/mol. The lowest BCUT2D eigenvalue weighted by Crippen LogP contribution is -1.99. The summed E-state index contributed by atoms with van der Waals surface area (Å²) in [6.45, 7) is 0.515. The minimum atomic E-state index is -0.983. The Morgan fingerprint density at radius 3 is 2.76 bits per heavy atom. The van der Waals surface area contributed by atoms with E-state index in [9.17, 15) is 13.7 Å². The standard InChI is InChI=1S/C10H8F2N2O2S/c11-6-4-8-9(5-7(6)12)16-10(17)14(8)3-1-2-13-15/h4-5H,1-3H2. The molecule has 0 N–H and O–H groups in total. The molecule has 1 aromatic carbocycles. The summed E-state index contributed by atoms with van der Waals surface area (Å²) < 4.78 is 32.7. The van der Waals surface area contributed by atoms with Gasteiger partial charge in [-0.25, -0.2) is 8.78 Å². The van der Waals surface area contributed by atoms with Gasteiger partial charge in [0, 0.05) is 18.7 Å². The summed E-state index contributed by atoms with van der Waals surface area (Å²) in [5.74, 6) is -1.95. The SMILES string of the molecule is O=NCCCn1c(=S)oc2cc(F)c(F)cc21. The Labute approximate surface area is 99.8 Å². The van der Waals surface area contributed by atoms with E-state index in [0.29, 0.717) is 18.5 Å². The molecule has 4 nitrogen and oxygen atoms in total. The Kier molecular flexibility index (Phi) is 3.28. The first-order valence-electron chi connectivity index (χ1n) is 4.91. The number of nitroso groups, excluding NO2 is 1. The molecule has 0 saturated carbocycles. The minimum Gasteiger partial charge on any atom is -0.429 e. The molecule has 0 radical (unpaired) electrons. The van der Waals surface area contributed by atoms with Crippen molar-refractivity contribution in [3.8, 4) is 0 Å². The van der Waals surface area contributed by atoms with E-state index < -0.39 is 11.6 Å². The quantitative estimate of drug-likeness (QED) is 0.479. The van der Waals surface area contributed by atoms with Crippen molar-refractivity contribution in [2.75, 3.05) is 6.54 Å². The van der Waals surface area contributed by atoms with E-state index in [1.54, 1.807) is 0 Å². The Morgan fingerprint density at radius 2 is 2.06 bits per heavy atom. The van der Waals surface area contributed by atoms with Crippen LogP contribution in [0.2, 0.25) is 0 Å². The highest BCUT2D eigenvalue weighted by Crippen LogP contribution is 2.21. The zero-order valence-electron chi connectivity index (χ0n) is 8.65. The van der Waals surface area contributed by atoms with Gasteiger partial charge in [-0.05, 0) is 18.6 Å². The lowest BCUT2D eigenvalue weighted by Gasteiger charge is -2.00. The van der Waals surface area contributed by atoms with E-state index in [1.165, 1.54) is 4.57 Å². The lowest BCUT2D eigenvalue weighted by atomic mass is 10.3. The number of fused-ring (bicyclic) bond motifs is 1. The van der Waals surface area contributed by atoms with Crippen molar-refractivity contribution in [1.82, 2.24) is 4.57 Å². The molecule has 0 fully saturated rings. The summed E-state index contributed by atoms with van der Waals surface area (Å²) in [5.41, 5.74) is 0.563. The van der Waals surface area contributed by atoms with Crippen LogP contribution in [-0.2, 0) is 6.54 Å². The van der Waals surface area contributed by atoms with Crippen molar-refractivity contribution in [2.45, 2.75) is 13.0 Å². The molecule has 90 valence electrons. The molecule has 2 aromatic rings.